The Morgan fingerprint density at radius 2 is 2.23 bits per heavy atom. The molecule has 0 saturated heterocycles. The van der Waals surface area contributed by atoms with Crippen LogP contribution in [0.3, 0.4) is 0 Å². The molecular formula is C10H12BrNO. The summed E-state index contributed by atoms with van der Waals surface area (Å²) in [6, 6.07) is 5.87. The van der Waals surface area contributed by atoms with Crippen LogP contribution in [0.15, 0.2) is 22.7 Å². The molecule has 0 fully saturated rings. The number of hydrogen-bond donors (Lipinski definition) is 2. The van der Waals surface area contributed by atoms with E-state index in [0.29, 0.717) is 0 Å². The number of rotatable bonds is 0. The van der Waals surface area contributed by atoms with Gasteiger partial charge < -0.3 is 10.8 Å². The fraction of sp³-hybridized carbons (Fsp3) is 0.400. The number of aliphatic hydroxyl groups is 1. The molecule has 0 aromatic heterocycles. The van der Waals surface area contributed by atoms with E-state index in [0.717, 1.165) is 22.9 Å². The Morgan fingerprint density at radius 1 is 1.46 bits per heavy atom. The minimum atomic E-state index is -0.515. The van der Waals surface area contributed by atoms with Crippen LogP contribution in [0.1, 0.15) is 23.7 Å². The number of nitrogens with two attached hydrogens (primary N) is 1. The second kappa shape index (κ2) is 3.40. The molecule has 1 aromatic rings. The molecule has 0 heterocycles. The van der Waals surface area contributed by atoms with Gasteiger partial charge in [-0.15, -0.1) is 0 Å². The van der Waals surface area contributed by atoms with Crippen LogP contribution in [0.5, 0.6) is 0 Å². The molecule has 0 aliphatic heterocycles. The van der Waals surface area contributed by atoms with Gasteiger partial charge in [-0.1, -0.05) is 28.1 Å². The summed E-state index contributed by atoms with van der Waals surface area (Å²) in [4.78, 5) is 0. The minimum absolute atomic E-state index is 0.119. The molecule has 0 saturated carbocycles. The Bertz CT molecular complexity index is 327. The van der Waals surface area contributed by atoms with Crippen molar-refractivity contribution < 1.29 is 5.11 Å². The van der Waals surface area contributed by atoms with E-state index in [-0.39, 0.29) is 6.04 Å². The highest BCUT2D eigenvalue weighted by Gasteiger charge is 2.26. The van der Waals surface area contributed by atoms with Gasteiger partial charge in [0.15, 0.2) is 0 Å². The topological polar surface area (TPSA) is 46.2 Å². The predicted molar refractivity (Wildman–Crippen MR) is 55.4 cm³/mol. The molecule has 3 heteroatoms. The third-order valence-electron chi connectivity index (χ3n) is 2.59. The second-order valence-electron chi connectivity index (χ2n) is 3.46. The van der Waals surface area contributed by atoms with Gasteiger partial charge in [0, 0.05) is 10.5 Å². The van der Waals surface area contributed by atoms with E-state index in [2.05, 4.69) is 22.0 Å². The third-order valence-corrected chi connectivity index (χ3v) is 3.28. The Labute approximate surface area is 85.9 Å². The molecule has 2 atom stereocenters. The van der Waals surface area contributed by atoms with E-state index >= 15 is 0 Å². The van der Waals surface area contributed by atoms with Gasteiger partial charge in [0.25, 0.3) is 0 Å². The van der Waals surface area contributed by atoms with Gasteiger partial charge in [0.2, 0.25) is 0 Å². The van der Waals surface area contributed by atoms with Gasteiger partial charge in [-0.05, 0) is 30.0 Å². The van der Waals surface area contributed by atoms with Gasteiger partial charge in [-0.25, -0.2) is 0 Å². The number of hydrogen-bond acceptors (Lipinski definition) is 2. The number of halogens is 1. The zero-order valence-electron chi connectivity index (χ0n) is 7.20. The van der Waals surface area contributed by atoms with Crippen molar-refractivity contribution in [2.75, 3.05) is 0 Å². The van der Waals surface area contributed by atoms with Crippen LogP contribution in [0, 0.1) is 0 Å². The van der Waals surface area contributed by atoms with Crippen LogP contribution in [0.4, 0.5) is 0 Å². The molecule has 1 aliphatic carbocycles. The van der Waals surface area contributed by atoms with Crippen LogP contribution < -0.4 is 5.73 Å². The van der Waals surface area contributed by atoms with Gasteiger partial charge >= 0.3 is 0 Å². The van der Waals surface area contributed by atoms with Crippen LogP contribution in [0.25, 0.3) is 0 Å². The van der Waals surface area contributed by atoms with Gasteiger partial charge in [-0.3, -0.25) is 0 Å². The van der Waals surface area contributed by atoms with Crippen molar-refractivity contribution in [3.05, 3.63) is 33.8 Å². The smallest absolute Gasteiger partial charge is 0.0954 e. The Kier molecular flexibility index (Phi) is 2.41. The van der Waals surface area contributed by atoms with E-state index in [9.17, 15) is 5.11 Å². The summed E-state index contributed by atoms with van der Waals surface area (Å²) in [7, 11) is 0. The number of aliphatic hydroxyl groups excluding tert-OH is 1. The second-order valence-corrected chi connectivity index (χ2v) is 4.31. The van der Waals surface area contributed by atoms with E-state index in [1.807, 2.05) is 12.1 Å². The standard InChI is InChI=1S/C10H12BrNO/c11-7-3-1-2-6-4-5-8(12)10(13)9(6)7/h1-3,8,10,13H,4-5,12H2/t8-,10+/m0/s1. The molecule has 3 N–H and O–H groups in total. The first-order valence-electron chi connectivity index (χ1n) is 4.41. The monoisotopic (exact) mass is 241 g/mol. The SMILES string of the molecule is N[C@H]1CCc2cccc(Br)c2[C@@H]1O. The lowest BCUT2D eigenvalue weighted by atomic mass is 9.86. The van der Waals surface area contributed by atoms with Crippen LogP contribution in [0.2, 0.25) is 0 Å². The summed E-state index contributed by atoms with van der Waals surface area (Å²) in [6.07, 6.45) is 1.32. The van der Waals surface area contributed by atoms with Crippen LogP contribution in [-0.4, -0.2) is 11.1 Å². The molecule has 0 amide bonds. The number of benzene rings is 1. The number of fused-ring (bicyclic) bond motifs is 1. The highest BCUT2D eigenvalue weighted by atomic mass is 79.9. The zero-order chi connectivity index (χ0) is 9.42. The third kappa shape index (κ3) is 1.52. The molecule has 13 heavy (non-hydrogen) atoms. The Morgan fingerprint density at radius 3 is 3.00 bits per heavy atom. The molecule has 0 radical (unpaired) electrons. The van der Waals surface area contributed by atoms with E-state index in [1.165, 1.54) is 5.56 Å². The summed E-state index contributed by atoms with van der Waals surface area (Å²) in [5.74, 6) is 0. The molecular weight excluding hydrogens is 230 g/mol. The molecule has 0 spiro atoms. The van der Waals surface area contributed by atoms with Gasteiger partial charge in [0.05, 0.1) is 6.10 Å². The first-order valence-corrected chi connectivity index (χ1v) is 5.20. The largest absolute Gasteiger partial charge is 0.387 e. The highest BCUT2D eigenvalue weighted by molar-refractivity contribution is 9.10. The quantitative estimate of drug-likeness (QED) is 0.728. The molecule has 0 unspecified atom stereocenters. The average Bonchev–Trinajstić information content (AvgIpc) is 2.12. The fourth-order valence-corrected chi connectivity index (χ4v) is 2.47. The van der Waals surface area contributed by atoms with Crippen molar-refractivity contribution in [3.8, 4) is 0 Å². The van der Waals surface area contributed by atoms with Gasteiger partial charge in [-0.2, -0.15) is 0 Å². The van der Waals surface area contributed by atoms with E-state index in [4.69, 9.17) is 5.73 Å². The molecule has 1 aliphatic rings. The summed E-state index contributed by atoms with van der Waals surface area (Å²) in [6.45, 7) is 0. The molecule has 70 valence electrons. The average molecular weight is 242 g/mol. The van der Waals surface area contributed by atoms with Gasteiger partial charge in [0.1, 0.15) is 0 Å². The lowest BCUT2D eigenvalue weighted by Gasteiger charge is -2.28. The number of aryl methyl sites for hydroxylation is 1. The van der Waals surface area contributed by atoms with Crippen LogP contribution in [-0.2, 0) is 6.42 Å². The summed E-state index contributed by atoms with van der Waals surface area (Å²) >= 11 is 3.43. The van der Waals surface area contributed by atoms with Crippen molar-refractivity contribution in [2.24, 2.45) is 5.73 Å². The predicted octanol–water partition coefficient (Wildman–Crippen LogP) is 1.76. The first-order chi connectivity index (χ1) is 6.20. The maximum Gasteiger partial charge on any atom is 0.0954 e. The highest BCUT2D eigenvalue weighted by Crippen LogP contribution is 2.34. The Balaban J connectivity index is 2.51. The van der Waals surface area contributed by atoms with E-state index < -0.39 is 6.10 Å². The molecule has 2 rings (SSSR count). The summed E-state index contributed by atoms with van der Waals surface area (Å²) in [5, 5.41) is 9.86. The van der Waals surface area contributed by atoms with Crippen molar-refractivity contribution in [2.45, 2.75) is 25.0 Å². The maximum absolute atomic E-state index is 9.86. The molecule has 2 nitrogen and oxygen atoms in total. The normalized spacial score (nSPS) is 27.0. The maximum atomic E-state index is 9.86. The zero-order valence-corrected chi connectivity index (χ0v) is 8.79. The fourth-order valence-electron chi connectivity index (χ4n) is 1.83. The summed E-state index contributed by atoms with van der Waals surface area (Å²) < 4.78 is 0.965. The van der Waals surface area contributed by atoms with Crippen molar-refractivity contribution in [1.82, 2.24) is 0 Å². The first kappa shape index (κ1) is 9.19. The Hall–Kier alpha value is -0.380. The van der Waals surface area contributed by atoms with Crippen molar-refractivity contribution >= 4 is 15.9 Å². The lowest BCUT2D eigenvalue weighted by Crippen LogP contribution is -2.33. The van der Waals surface area contributed by atoms with Crippen LogP contribution >= 0.6 is 15.9 Å². The summed E-state index contributed by atoms with van der Waals surface area (Å²) in [5.41, 5.74) is 7.98. The van der Waals surface area contributed by atoms with Crippen molar-refractivity contribution in [1.29, 1.82) is 0 Å². The lowest BCUT2D eigenvalue weighted by molar-refractivity contribution is 0.133. The van der Waals surface area contributed by atoms with Crippen molar-refractivity contribution in [3.63, 3.8) is 0 Å². The molecule has 1 aromatic carbocycles. The van der Waals surface area contributed by atoms with E-state index in [1.54, 1.807) is 0 Å². The minimum Gasteiger partial charge on any atom is -0.387 e. The molecule has 0 bridgehead atoms.